The number of benzene rings is 1. The second-order valence-corrected chi connectivity index (χ2v) is 9.43. The number of nitrogens with zero attached hydrogens (tertiary/aromatic N) is 3. The number of hydrogen-bond acceptors (Lipinski definition) is 6. The van der Waals surface area contributed by atoms with E-state index in [2.05, 4.69) is 15.1 Å². The molecule has 0 bridgehead atoms. The molecule has 2 fully saturated rings. The lowest BCUT2D eigenvalue weighted by molar-refractivity contribution is -0.121. The third-order valence-corrected chi connectivity index (χ3v) is 7.01. The number of aromatic nitrogens is 2. The molecule has 1 saturated heterocycles. The summed E-state index contributed by atoms with van der Waals surface area (Å²) in [4.78, 5) is 27.7. The molecule has 1 aromatic heterocycles. The number of amides is 1. The highest BCUT2D eigenvalue weighted by Crippen LogP contribution is 2.50. The Bertz CT molecular complexity index is 1090. The number of fused-ring (bicyclic) bond motifs is 1. The summed E-state index contributed by atoms with van der Waals surface area (Å²) in [6.45, 7) is 3.73. The van der Waals surface area contributed by atoms with E-state index in [1.54, 1.807) is 18.0 Å². The molecule has 164 valence electrons. The van der Waals surface area contributed by atoms with Gasteiger partial charge in [-0.3, -0.25) is 14.5 Å². The van der Waals surface area contributed by atoms with Crippen LogP contribution in [0.4, 0.5) is 0 Å². The number of nitrogens with one attached hydrogen (secondary N) is 1. The van der Waals surface area contributed by atoms with Gasteiger partial charge in [-0.05, 0) is 25.0 Å². The van der Waals surface area contributed by atoms with Crippen LogP contribution in [0, 0.1) is 5.41 Å². The Hall–Kier alpha value is -2.29. The van der Waals surface area contributed by atoms with E-state index in [1.807, 2.05) is 6.07 Å². The van der Waals surface area contributed by atoms with Gasteiger partial charge in [-0.2, -0.15) is 5.10 Å². The van der Waals surface area contributed by atoms with Crippen LogP contribution in [0.15, 0.2) is 23.1 Å². The smallest absolute Gasteiger partial charge is 0.286 e. The molecule has 1 spiro atoms. The van der Waals surface area contributed by atoms with E-state index in [-0.39, 0.29) is 17.0 Å². The van der Waals surface area contributed by atoms with Gasteiger partial charge >= 0.3 is 0 Å². The minimum absolute atomic E-state index is 0.0237. The summed E-state index contributed by atoms with van der Waals surface area (Å²) in [5, 5.41) is 6.47. The Morgan fingerprint density at radius 2 is 2.00 bits per heavy atom. The fraction of sp³-hybridized carbons (Fsp3) is 0.476. The molecule has 0 atom stereocenters. The van der Waals surface area contributed by atoms with Gasteiger partial charge < -0.3 is 14.4 Å². The SMILES string of the molecule is CN1Cc2c(OC3CC4(C3)CN(CCOc3cn[nH]c(=O)c3Cl)C4)ccc(Cl)c2C1=O. The van der Waals surface area contributed by atoms with Crippen molar-refractivity contribution in [2.45, 2.75) is 25.5 Å². The van der Waals surface area contributed by atoms with Crippen molar-refractivity contribution in [1.29, 1.82) is 0 Å². The molecule has 5 rings (SSSR count). The first-order chi connectivity index (χ1) is 14.8. The van der Waals surface area contributed by atoms with Gasteiger partial charge in [0.15, 0.2) is 10.8 Å². The molecule has 3 heterocycles. The fourth-order valence-electron chi connectivity index (χ4n) is 4.84. The number of rotatable bonds is 6. The van der Waals surface area contributed by atoms with E-state index >= 15 is 0 Å². The third kappa shape index (κ3) is 3.66. The first-order valence-corrected chi connectivity index (χ1v) is 10.9. The predicted octanol–water partition coefficient (Wildman–Crippen LogP) is 2.58. The van der Waals surface area contributed by atoms with Crippen molar-refractivity contribution in [2.24, 2.45) is 5.41 Å². The standard InChI is InChI=1S/C21H22Cl2N4O4/c1-26-9-13-15(3-2-14(22)17(13)20(26)29)31-12-6-21(7-12)10-27(11-21)4-5-30-16-8-24-25-19(28)18(16)23/h2-3,8,12H,4-7,9-11H2,1H3,(H,25,28). The summed E-state index contributed by atoms with van der Waals surface area (Å²) in [6.07, 6.45) is 3.56. The van der Waals surface area contributed by atoms with Gasteiger partial charge in [0.05, 0.1) is 29.4 Å². The lowest BCUT2D eigenvalue weighted by atomic mass is 9.62. The van der Waals surface area contributed by atoms with Crippen LogP contribution in [0.1, 0.15) is 28.8 Å². The predicted molar refractivity (Wildman–Crippen MR) is 115 cm³/mol. The van der Waals surface area contributed by atoms with Crippen molar-refractivity contribution in [3.8, 4) is 11.5 Å². The van der Waals surface area contributed by atoms with Crippen LogP contribution < -0.4 is 15.0 Å². The molecule has 1 aliphatic carbocycles. The number of ether oxygens (including phenoxy) is 2. The van der Waals surface area contributed by atoms with Crippen molar-refractivity contribution in [2.75, 3.05) is 33.3 Å². The number of carbonyl (C=O) groups excluding carboxylic acids is 1. The van der Waals surface area contributed by atoms with Crippen LogP contribution in [-0.2, 0) is 6.54 Å². The van der Waals surface area contributed by atoms with Gasteiger partial charge in [0.2, 0.25) is 0 Å². The van der Waals surface area contributed by atoms with Crippen molar-refractivity contribution in [1.82, 2.24) is 20.0 Å². The van der Waals surface area contributed by atoms with Crippen LogP contribution in [0.2, 0.25) is 10.0 Å². The maximum absolute atomic E-state index is 12.3. The van der Waals surface area contributed by atoms with Crippen LogP contribution in [0.3, 0.4) is 0 Å². The maximum atomic E-state index is 12.3. The summed E-state index contributed by atoms with van der Waals surface area (Å²) in [5.74, 6) is 1.02. The highest BCUT2D eigenvalue weighted by molar-refractivity contribution is 6.34. The van der Waals surface area contributed by atoms with E-state index < -0.39 is 5.56 Å². The zero-order valence-corrected chi connectivity index (χ0v) is 18.5. The van der Waals surface area contributed by atoms with Gasteiger partial charge in [-0.15, -0.1) is 0 Å². The first kappa shape index (κ1) is 20.6. The molecule has 8 nitrogen and oxygen atoms in total. The topological polar surface area (TPSA) is 87.8 Å². The van der Waals surface area contributed by atoms with Crippen LogP contribution in [0.25, 0.3) is 0 Å². The molecular formula is C21H22Cl2N4O4. The Balaban J connectivity index is 1.10. The lowest BCUT2D eigenvalue weighted by Gasteiger charge is -2.58. The molecule has 2 aromatic rings. The molecule has 3 aliphatic rings. The number of hydrogen-bond donors (Lipinski definition) is 1. The maximum Gasteiger partial charge on any atom is 0.286 e. The van der Waals surface area contributed by atoms with Crippen LogP contribution >= 0.6 is 23.2 Å². The number of H-pyrrole nitrogens is 1. The van der Waals surface area contributed by atoms with Crippen molar-refractivity contribution >= 4 is 29.1 Å². The fourth-order valence-corrected chi connectivity index (χ4v) is 5.24. The van der Waals surface area contributed by atoms with E-state index in [9.17, 15) is 9.59 Å². The monoisotopic (exact) mass is 464 g/mol. The number of carbonyl (C=O) groups is 1. The van der Waals surface area contributed by atoms with E-state index in [0.29, 0.717) is 34.9 Å². The second-order valence-electron chi connectivity index (χ2n) is 8.64. The number of halogens is 2. The molecule has 0 unspecified atom stereocenters. The largest absolute Gasteiger partial charge is 0.490 e. The highest BCUT2D eigenvalue weighted by atomic mass is 35.5. The summed E-state index contributed by atoms with van der Waals surface area (Å²) in [7, 11) is 1.77. The van der Waals surface area contributed by atoms with Crippen molar-refractivity contribution in [3.05, 3.63) is 49.9 Å². The number of likely N-dealkylation sites (tertiary alicyclic amines) is 1. The summed E-state index contributed by atoms with van der Waals surface area (Å²) >= 11 is 12.1. The number of aromatic amines is 1. The van der Waals surface area contributed by atoms with Gasteiger partial charge in [-0.1, -0.05) is 23.2 Å². The van der Waals surface area contributed by atoms with Crippen molar-refractivity contribution < 1.29 is 14.3 Å². The molecular weight excluding hydrogens is 443 g/mol. The summed E-state index contributed by atoms with van der Waals surface area (Å²) in [5.41, 5.74) is 1.31. The van der Waals surface area contributed by atoms with Gasteiger partial charge in [0, 0.05) is 37.7 Å². The van der Waals surface area contributed by atoms with Gasteiger partial charge in [-0.25, -0.2) is 5.10 Å². The molecule has 1 N–H and O–H groups in total. The molecule has 1 saturated carbocycles. The molecule has 1 amide bonds. The third-order valence-electron chi connectivity index (χ3n) is 6.34. The molecule has 0 radical (unpaired) electrons. The quantitative estimate of drug-likeness (QED) is 0.706. The zero-order valence-electron chi connectivity index (χ0n) is 17.0. The average molecular weight is 465 g/mol. The highest BCUT2D eigenvalue weighted by Gasteiger charge is 2.53. The average Bonchev–Trinajstić information content (AvgIpc) is 2.98. The van der Waals surface area contributed by atoms with Crippen LogP contribution in [0.5, 0.6) is 11.5 Å². The normalized spacial score (nSPS) is 19.8. The van der Waals surface area contributed by atoms with E-state index in [4.69, 9.17) is 32.7 Å². The molecule has 10 heteroatoms. The van der Waals surface area contributed by atoms with Crippen LogP contribution in [-0.4, -0.2) is 65.3 Å². The van der Waals surface area contributed by atoms with Crippen molar-refractivity contribution in [3.63, 3.8) is 0 Å². The lowest BCUT2D eigenvalue weighted by Crippen LogP contribution is -2.65. The molecule has 31 heavy (non-hydrogen) atoms. The van der Waals surface area contributed by atoms with Gasteiger partial charge in [0.1, 0.15) is 12.4 Å². The Morgan fingerprint density at radius 3 is 2.77 bits per heavy atom. The van der Waals surface area contributed by atoms with E-state index in [1.165, 1.54) is 6.20 Å². The summed E-state index contributed by atoms with van der Waals surface area (Å²) < 4.78 is 11.8. The Morgan fingerprint density at radius 1 is 1.23 bits per heavy atom. The Labute approximate surface area is 189 Å². The van der Waals surface area contributed by atoms with Gasteiger partial charge in [0.25, 0.3) is 11.5 Å². The zero-order chi connectivity index (χ0) is 21.8. The first-order valence-electron chi connectivity index (χ1n) is 10.2. The minimum Gasteiger partial charge on any atom is -0.490 e. The minimum atomic E-state index is -0.454. The Kier molecular flexibility index (Phi) is 5.11. The molecule has 1 aromatic carbocycles. The van der Waals surface area contributed by atoms with E-state index in [0.717, 1.165) is 43.8 Å². The summed E-state index contributed by atoms with van der Waals surface area (Å²) in [6, 6.07) is 3.62. The second kappa shape index (κ2) is 7.69. The molecule has 2 aliphatic heterocycles.